The highest BCUT2D eigenvalue weighted by Gasteiger charge is 2.41. The number of likely N-dealkylation sites (tertiary alicyclic amines) is 1. The van der Waals surface area contributed by atoms with Gasteiger partial charge < -0.3 is 15.6 Å². The molecule has 0 saturated carbocycles. The summed E-state index contributed by atoms with van der Waals surface area (Å²) in [6, 6.07) is 10.3. The van der Waals surface area contributed by atoms with E-state index in [1.807, 2.05) is 29.6 Å². The first-order chi connectivity index (χ1) is 12.8. The molecule has 0 aromatic heterocycles. The van der Waals surface area contributed by atoms with Crippen molar-refractivity contribution in [1.29, 1.82) is 5.41 Å². The number of hydrogen-bond acceptors (Lipinski definition) is 3. The normalized spacial score (nSPS) is 17.1. The van der Waals surface area contributed by atoms with Crippen LogP contribution in [0.15, 0.2) is 36.4 Å². The van der Waals surface area contributed by atoms with Crippen molar-refractivity contribution >= 4 is 28.8 Å². The second kappa shape index (κ2) is 7.38. The van der Waals surface area contributed by atoms with Crippen molar-refractivity contribution in [2.24, 2.45) is 0 Å². The number of benzene rings is 2. The second-order valence-electron chi connectivity index (χ2n) is 6.48. The molecule has 1 unspecified atom stereocenters. The Morgan fingerprint density at radius 1 is 1.19 bits per heavy atom. The topological polar surface area (TPSA) is 73.3 Å². The van der Waals surface area contributed by atoms with Crippen LogP contribution in [0.5, 0.6) is 0 Å². The first-order valence-electron chi connectivity index (χ1n) is 8.46. The molecule has 0 radical (unpaired) electrons. The van der Waals surface area contributed by atoms with E-state index in [0.29, 0.717) is 13.0 Å². The summed E-state index contributed by atoms with van der Waals surface area (Å²) in [6.07, 6.45) is -3.27. The average molecular weight is 377 g/mol. The molecule has 0 bridgehead atoms. The first kappa shape index (κ1) is 18.9. The molecular weight excluding hydrogens is 359 g/mol. The molecule has 1 heterocycles. The van der Waals surface area contributed by atoms with Crippen molar-refractivity contribution in [3.05, 3.63) is 47.5 Å². The number of amides is 2. The van der Waals surface area contributed by atoms with Crippen molar-refractivity contribution in [3.63, 3.8) is 0 Å². The Morgan fingerprint density at radius 2 is 1.89 bits per heavy atom. The molecule has 0 spiro atoms. The van der Waals surface area contributed by atoms with Gasteiger partial charge in [0.15, 0.2) is 0 Å². The Kier molecular flexibility index (Phi) is 5.16. The maximum absolute atomic E-state index is 12.6. The summed E-state index contributed by atoms with van der Waals surface area (Å²) in [5, 5.41) is 11.1. The highest BCUT2D eigenvalue weighted by atomic mass is 19.4. The van der Waals surface area contributed by atoms with Gasteiger partial charge in [0, 0.05) is 25.3 Å². The van der Waals surface area contributed by atoms with E-state index in [1.54, 1.807) is 12.1 Å². The Bertz CT molecular complexity index is 895. The van der Waals surface area contributed by atoms with Crippen LogP contribution in [0.1, 0.15) is 17.5 Å². The lowest BCUT2D eigenvalue weighted by Crippen LogP contribution is -2.44. The molecule has 3 rings (SSSR count). The molecule has 1 atom stereocenters. The van der Waals surface area contributed by atoms with Gasteiger partial charge in [0.25, 0.3) is 0 Å². The Morgan fingerprint density at radius 3 is 2.56 bits per heavy atom. The van der Waals surface area contributed by atoms with Crippen LogP contribution < -0.4 is 5.32 Å². The van der Waals surface area contributed by atoms with E-state index in [2.05, 4.69) is 0 Å². The molecule has 2 aromatic carbocycles. The second-order valence-corrected chi connectivity index (χ2v) is 6.48. The summed E-state index contributed by atoms with van der Waals surface area (Å²) in [5.74, 6) is -2.18. The molecular formula is C19H18F3N3O2. The fourth-order valence-corrected chi connectivity index (χ4v) is 3.31. The van der Waals surface area contributed by atoms with Gasteiger partial charge in [-0.25, -0.2) is 0 Å². The SMILES string of the molecule is N=Cc1ccc(CC(=O)N2CCC(NC(=O)C(F)(F)F)C2)c2ccccc12. The Labute approximate surface area is 153 Å². The van der Waals surface area contributed by atoms with Gasteiger partial charge in [0.1, 0.15) is 0 Å². The maximum Gasteiger partial charge on any atom is 0.471 e. The summed E-state index contributed by atoms with van der Waals surface area (Å²) in [7, 11) is 0. The lowest BCUT2D eigenvalue weighted by atomic mass is 9.98. The van der Waals surface area contributed by atoms with E-state index in [4.69, 9.17) is 5.41 Å². The zero-order valence-electron chi connectivity index (χ0n) is 14.3. The number of hydrogen-bond donors (Lipinski definition) is 2. The fourth-order valence-electron chi connectivity index (χ4n) is 3.31. The molecule has 27 heavy (non-hydrogen) atoms. The van der Waals surface area contributed by atoms with Gasteiger partial charge >= 0.3 is 12.1 Å². The van der Waals surface area contributed by atoms with Crippen molar-refractivity contribution in [1.82, 2.24) is 10.2 Å². The van der Waals surface area contributed by atoms with Gasteiger partial charge in [-0.15, -0.1) is 0 Å². The van der Waals surface area contributed by atoms with Crippen LogP contribution in [0.2, 0.25) is 0 Å². The highest BCUT2D eigenvalue weighted by Crippen LogP contribution is 2.24. The smallest absolute Gasteiger partial charge is 0.344 e. The van der Waals surface area contributed by atoms with Crippen LogP contribution in [0.25, 0.3) is 10.8 Å². The molecule has 1 fully saturated rings. The standard InChI is InChI=1S/C19H18F3N3O2/c20-19(21,22)18(27)24-14-7-8-25(11-14)17(26)9-12-5-6-13(10-23)16-4-2-1-3-15(12)16/h1-6,10,14,23H,7-9,11H2,(H,24,27). The molecule has 5 nitrogen and oxygen atoms in total. The molecule has 1 aliphatic heterocycles. The lowest BCUT2D eigenvalue weighted by molar-refractivity contribution is -0.174. The Hall–Kier alpha value is -2.90. The summed E-state index contributed by atoms with van der Waals surface area (Å²) in [6.45, 7) is 0.370. The third-order valence-electron chi connectivity index (χ3n) is 4.68. The Balaban J connectivity index is 1.69. The van der Waals surface area contributed by atoms with Crippen molar-refractivity contribution in [2.45, 2.75) is 25.1 Å². The molecule has 142 valence electrons. The maximum atomic E-state index is 12.6. The lowest BCUT2D eigenvalue weighted by Gasteiger charge is -2.18. The largest absolute Gasteiger partial charge is 0.471 e. The summed E-state index contributed by atoms with van der Waals surface area (Å²) >= 11 is 0. The summed E-state index contributed by atoms with van der Waals surface area (Å²) < 4.78 is 37.0. The van der Waals surface area contributed by atoms with E-state index in [1.165, 1.54) is 11.1 Å². The zero-order valence-corrected chi connectivity index (χ0v) is 14.3. The number of alkyl halides is 3. The van der Waals surface area contributed by atoms with Gasteiger partial charge in [-0.3, -0.25) is 9.59 Å². The number of halogens is 3. The predicted molar refractivity (Wildman–Crippen MR) is 94.7 cm³/mol. The number of fused-ring (bicyclic) bond motifs is 1. The van der Waals surface area contributed by atoms with Crippen LogP contribution in [0, 0.1) is 5.41 Å². The minimum absolute atomic E-state index is 0.0666. The van der Waals surface area contributed by atoms with E-state index in [9.17, 15) is 22.8 Å². The van der Waals surface area contributed by atoms with E-state index < -0.39 is 18.1 Å². The van der Waals surface area contributed by atoms with E-state index >= 15 is 0 Å². The van der Waals surface area contributed by atoms with Crippen molar-refractivity contribution < 1.29 is 22.8 Å². The molecule has 8 heteroatoms. The minimum atomic E-state index is -4.92. The molecule has 2 aromatic rings. The van der Waals surface area contributed by atoms with Crippen LogP contribution in [0.3, 0.4) is 0 Å². The zero-order chi connectivity index (χ0) is 19.6. The van der Waals surface area contributed by atoms with Gasteiger partial charge in [-0.05, 0) is 28.3 Å². The van der Waals surface area contributed by atoms with Gasteiger partial charge in [0.2, 0.25) is 5.91 Å². The van der Waals surface area contributed by atoms with E-state index in [-0.39, 0.29) is 18.9 Å². The fraction of sp³-hybridized carbons (Fsp3) is 0.316. The number of carbonyl (C=O) groups is 2. The highest BCUT2D eigenvalue weighted by molar-refractivity contribution is 6.01. The third-order valence-corrected chi connectivity index (χ3v) is 4.68. The quantitative estimate of drug-likeness (QED) is 0.804. The van der Waals surface area contributed by atoms with Crippen molar-refractivity contribution in [3.8, 4) is 0 Å². The summed E-state index contributed by atoms with van der Waals surface area (Å²) in [5.41, 5.74) is 1.54. The molecule has 1 aliphatic rings. The van der Waals surface area contributed by atoms with E-state index in [0.717, 1.165) is 21.9 Å². The molecule has 2 amide bonds. The van der Waals surface area contributed by atoms with Crippen LogP contribution in [-0.4, -0.2) is 48.2 Å². The van der Waals surface area contributed by atoms with Gasteiger partial charge in [-0.1, -0.05) is 36.4 Å². The molecule has 1 saturated heterocycles. The third kappa shape index (κ3) is 4.10. The molecule has 2 N–H and O–H groups in total. The van der Waals surface area contributed by atoms with Crippen LogP contribution in [-0.2, 0) is 16.0 Å². The minimum Gasteiger partial charge on any atom is -0.344 e. The monoisotopic (exact) mass is 377 g/mol. The van der Waals surface area contributed by atoms with Crippen molar-refractivity contribution in [2.75, 3.05) is 13.1 Å². The van der Waals surface area contributed by atoms with Gasteiger partial charge in [-0.2, -0.15) is 13.2 Å². The number of rotatable bonds is 4. The predicted octanol–water partition coefficient (Wildman–Crippen LogP) is 2.66. The first-order valence-corrected chi connectivity index (χ1v) is 8.46. The number of carbonyl (C=O) groups excluding carboxylic acids is 2. The number of nitrogens with zero attached hydrogens (tertiary/aromatic N) is 1. The van der Waals surface area contributed by atoms with Crippen LogP contribution >= 0.6 is 0 Å². The number of nitrogens with one attached hydrogen (secondary N) is 2. The molecule has 0 aliphatic carbocycles. The summed E-state index contributed by atoms with van der Waals surface area (Å²) in [4.78, 5) is 25.1. The van der Waals surface area contributed by atoms with Gasteiger partial charge in [0.05, 0.1) is 6.42 Å². The average Bonchev–Trinajstić information content (AvgIpc) is 3.10. The van der Waals surface area contributed by atoms with Crippen LogP contribution in [0.4, 0.5) is 13.2 Å².